The summed E-state index contributed by atoms with van der Waals surface area (Å²) in [5.74, 6) is 0.563. The van der Waals surface area contributed by atoms with Gasteiger partial charge in [0.2, 0.25) is 0 Å². The Morgan fingerprint density at radius 3 is 2.70 bits per heavy atom. The Balaban J connectivity index is 2.15. The van der Waals surface area contributed by atoms with E-state index in [4.69, 9.17) is 4.74 Å². The van der Waals surface area contributed by atoms with Crippen molar-refractivity contribution in [2.45, 2.75) is 6.10 Å². The molecule has 2 aromatic heterocycles. The number of aliphatic hydroxyl groups excluding tert-OH is 1. The number of pyridine rings is 2. The lowest BCUT2D eigenvalue weighted by atomic mass is 9.98. The summed E-state index contributed by atoms with van der Waals surface area (Å²) in [5, 5.41) is 12.6. The highest BCUT2D eigenvalue weighted by Crippen LogP contribution is 2.32. The van der Waals surface area contributed by atoms with Crippen molar-refractivity contribution >= 4 is 10.8 Å². The molecule has 0 saturated carbocycles. The Labute approximate surface area is 116 Å². The number of aromatic nitrogens is 2. The van der Waals surface area contributed by atoms with Gasteiger partial charge in [-0.1, -0.05) is 24.3 Å². The van der Waals surface area contributed by atoms with Crippen LogP contribution in [-0.4, -0.2) is 22.2 Å². The second-order valence-corrected chi connectivity index (χ2v) is 4.47. The molecule has 0 saturated heterocycles. The Kier molecular flexibility index (Phi) is 3.31. The van der Waals surface area contributed by atoms with E-state index >= 15 is 0 Å². The molecule has 3 rings (SSSR count). The average Bonchev–Trinajstić information content (AvgIpc) is 2.53. The van der Waals surface area contributed by atoms with Gasteiger partial charge in [-0.2, -0.15) is 0 Å². The van der Waals surface area contributed by atoms with Gasteiger partial charge in [-0.15, -0.1) is 0 Å². The SMILES string of the molecule is COc1cnccc1C(O)c1cncc2ccccc12. The molecular formula is C16H14N2O2. The molecule has 4 nitrogen and oxygen atoms in total. The quantitative estimate of drug-likeness (QED) is 0.792. The highest BCUT2D eigenvalue weighted by atomic mass is 16.5. The maximum Gasteiger partial charge on any atom is 0.143 e. The molecule has 1 unspecified atom stereocenters. The van der Waals surface area contributed by atoms with Gasteiger partial charge in [-0.25, -0.2) is 0 Å². The van der Waals surface area contributed by atoms with Crippen LogP contribution in [0, 0.1) is 0 Å². The predicted molar refractivity (Wildman–Crippen MR) is 76.6 cm³/mol. The van der Waals surface area contributed by atoms with Gasteiger partial charge in [-0.05, 0) is 11.5 Å². The molecule has 20 heavy (non-hydrogen) atoms. The van der Waals surface area contributed by atoms with Gasteiger partial charge in [0, 0.05) is 35.1 Å². The summed E-state index contributed by atoms with van der Waals surface area (Å²) < 4.78 is 5.26. The number of ether oxygens (including phenoxy) is 1. The second kappa shape index (κ2) is 5.27. The Morgan fingerprint density at radius 2 is 1.85 bits per heavy atom. The standard InChI is InChI=1S/C16H14N2O2/c1-20-15-10-17-7-6-13(15)16(19)14-9-18-8-11-4-2-3-5-12(11)14/h2-10,16,19H,1H3. The van der Waals surface area contributed by atoms with Crippen LogP contribution in [0.4, 0.5) is 0 Å². The zero-order chi connectivity index (χ0) is 13.9. The molecule has 0 aliphatic rings. The van der Waals surface area contributed by atoms with E-state index < -0.39 is 6.10 Å². The summed E-state index contributed by atoms with van der Waals surface area (Å²) in [5.41, 5.74) is 1.44. The fraction of sp³-hybridized carbons (Fsp3) is 0.125. The van der Waals surface area contributed by atoms with Crippen molar-refractivity contribution in [3.8, 4) is 5.75 Å². The first-order valence-electron chi connectivity index (χ1n) is 6.30. The van der Waals surface area contributed by atoms with Crippen LogP contribution in [-0.2, 0) is 0 Å². The molecule has 0 spiro atoms. The van der Waals surface area contributed by atoms with Gasteiger partial charge in [0.25, 0.3) is 0 Å². The lowest BCUT2D eigenvalue weighted by Crippen LogP contribution is -2.04. The lowest BCUT2D eigenvalue weighted by Gasteiger charge is -2.16. The molecule has 0 bridgehead atoms. The predicted octanol–water partition coefficient (Wildman–Crippen LogP) is 2.72. The van der Waals surface area contributed by atoms with Crippen molar-refractivity contribution < 1.29 is 9.84 Å². The highest BCUT2D eigenvalue weighted by Gasteiger charge is 2.17. The van der Waals surface area contributed by atoms with E-state index in [9.17, 15) is 5.11 Å². The highest BCUT2D eigenvalue weighted by molar-refractivity contribution is 5.85. The minimum Gasteiger partial charge on any atom is -0.495 e. The van der Waals surface area contributed by atoms with Crippen molar-refractivity contribution in [1.82, 2.24) is 9.97 Å². The molecule has 0 radical (unpaired) electrons. The molecule has 0 fully saturated rings. The minimum absolute atomic E-state index is 0.563. The van der Waals surface area contributed by atoms with Gasteiger partial charge in [0.15, 0.2) is 0 Å². The summed E-state index contributed by atoms with van der Waals surface area (Å²) in [6.07, 6.45) is 5.91. The van der Waals surface area contributed by atoms with Crippen molar-refractivity contribution in [2.24, 2.45) is 0 Å². The van der Waals surface area contributed by atoms with Crippen LogP contribution in [0.25, 0.3) is 10.8 Å². The third-order valence-corrected chi connectivity index (χ3v) is 3.32. The smallest absolute Gasteiger partial charge is 0.143 e. The van der Waals surface area contributed by atoms with E-state index in [1.807, 2.05) is 24.3 Å². The van der Waals surface area contributed by atoms with Crippen LogP contribution in [0.3, 0.4) is 0 Å². The third-order valence-electron chi connectivity index (χ3n) is 3.32. The molecule has 3 aromatic rings. The molecule has 0 amide bonds. The summed E-state index contributed by atoms with van der Waals surface area (Å²) >= 11 is 0. The first kappa shape index (κ1) is 12.6. The zero-order valence-electron chi connectivity index (χ0n) is 11.0. The zero-order valence-corrected chi connectivity index (χ0v) is 11.0. The van der Waals surface area contributed by atoms with Gasteiger partial charge in [0.05, 0.1) is 13.3 Å². The molecule has 1 N–H and O–H groups in total. The fourth-order valence-electron chi connectivity index (χ4n) is 2.31. The molecule has 100 valence electrons. The van der Waals surface area contributed by atoms with Crippen LogP contribution in [0.5, 0.6) is 5.75 Å². The largest absolute Gasteiger partial charge is 0.495 e. The van der Waals surface area contributed by atoms with Gasteiger partial charge in [0.1, 0.15) is 11.9 Å². The molecule has 1 aromatic carbocycles. The Bertz CT molecular complexity index is 738. The molecule has 1 atom stereocenters. The summed E-state index contributed by atoms with van der Waals surface area (Å²) in [4.78, 5) is 8.20. The first-order valence-corrected chi connectivity index (χ1v) is 6.30. The fourth-order valence-corrected chi connectivity index (χ4v) is 2.31. The van der Waals surface area contributed by atoms with Gasteiger partial charge < -0.3 is 9.84 Å². The van der Waals surface area contributed by atoms with Crippen LogP contribution in [0.1, 0.15) is 17.2 Å². The second-order valence-electron chi connectivity index (χ2n) is 4.47. The van der Waals surface area contributed by atoms with E-state index in [2.05, 4.69) is 9.97 Å². The molecule has 2 heterocycles. The monoisotopic (exact) mass is 266 g/mol. The molecule has 4 heteroatoms. The van der Waals surface area contributed by atoms with Gasteiger partial charge in [-0.3, -0.25) is 9.97 Å². The van der Waals surface area contributed by atoms with Gasteiger partial charge >= 0.3 is 0 Å². The number of benzene rings is 1. The summed E-state index contributed by atoms with van der Waals surface area (Å²) in [7, 11) is 1.56. The van der Waals surface area contributed by atoms with Crippen molar-refractivity contribution in [3.05, 3.63) is 66.2 Å². The summed E-state index contributed by atoms with van der Waals surface area (Å²) in [6, 6.07) is 9.60. The van der Waals surface area contributed by atoms with E-state index in [0.29, 0.717) is 11.3 Å². The topological polar surface area (TPSA) is 55.2 Å². The van der Waals surface area contributed by atoms with Crippen LogP contribution in [0.2, 0.25) is 0 Å². The Morgan fingerprint density at radius 1 is 1.00 bits per heavy atom. The van der Waals surface area contributed by atoms with Crippen molar-refractivity contribution in [1.29, 1.82) is 0 Å². The van der Waals surface area contributed by atoms with Crippen molar-refractivity contribution in [2.75, 3.05) is 7.11 Å². The van der Waals surface area contributed by atoms with Crippen molar-refractivity contribution in [3.63, 3.8) is 0 Å². The third kappa shape index (κ3) is 2.10. The maximum absolute atomic E-state index is 10.7. The number of hydrogen-bond donors (Lipinski definition) is 1. The number of methoxy groups -OCH3 is 1. The van der Waals surface area contributed by atoms with Crippen LogP contribution < -0.4 is 4.74 Å². The molecule has 0 aliphatic carbocycles. The normalized spacial score (nSPS) is 12.3. The number of nitrogens with zero attached hydrogens (tertiary/aromatic N) is 2. The number of rotatable bonds is 3. The number of hydrogen-bond acceptors (Lipinski definition) is 4. The van der Waals surface area contributed by atoms with E-state index in [1.54, 1.807) is 38.0 Å². The minimum atomic E-state index is -0.799. The molecule has 0 aliphatic heterocycles. The average molecular weight is 266 g/mol. The van der Waals surface area contributed by atoms with Crippen LogP contribution >= 0.6 is 0 Å². The lowest BCUT2D eigenvalue weighted by molar-refractivity contribution is 0.215. The first-order chi connectivity index (χ1) is 9.81. The maximum atomic E-state index is 10.7. The number of aliphatic hydroxyl groups is 1. The van der Waals surface area contributed by atoms with E-state index in [-0.39, 0.29) is 0 Å². The molecular weight excluding hydrogens is 252 g/mol. The Hall–Kier alpha value is -2.46. The number of fused-ring (bicyclic) bond motifs is 1. The van der Waals surface area contributed by atoms with E-state index in [1.165, 1.54) is 0 Å². The van der Waals surface area contributed by atoms with E-state index in [0.717, 1.165) is 16.3 Å². The summed E-state index contributed by atoms with van der Waals surface area (Å²) in [6.45, 7) is 0. The van der Waals surface area contributed by atoms with Crippen LogP contribution in [0.15, 0.2) is 55.1 Å².